The van der Waals surface area contributed by atoms with Gasteiger partial charge in [-0.1, -0.05) is 0 Å². The molecule has 0 aromatic carbocycles. The van der Waals surface area contributed by atoms with Gasteiger partial charge in [0.15, 0.2) is 0 Å². The highest BCUT2D eigenvalue weighted by Gasteiger charge is 2.19. The average molecular weight is 237 g/mol. The smallest absolute Gasteiger partial charge is 0.376 e. The van der Waals surface area contributed by atoms with Gasteiger partial charge in [-0.15, -0.1) is 0 Å². The zero-order chi connectivity index (χ0) is 11.5. The number of hydrogen-bond acceptors (Lipinski definition) is 5. The van der Waals surface area contributed by atoms with Crippen LogP contribution in [0.15, 0.2) is 21.2 Å². The van der Waals surface area contributed by atoms with Crippen LogP contribution in [-0.4, -0.2) is 17.6 Å². The summed E-state index contributed by atoms with van der Waals surface area (Å²) in [5.74, 6) is 0.179. The van der Waals surface area contributed by atoms with Gasteiger partial charge in [-0.2, -0.15) is 11.3 Å². The quantitative estimate of drug-likeness (QED) is 0.770. The number of ether oxygens (including phenoxy) is 1. The molecule has 2 aromatic rings. The Morgan fingerprint density at radius 2 is 2.44 bits per heavy atom. The molecule has 0 atom stereocenters. The van der Waals surface area contributed by atoms with Crippen LogP contribution in [0.4, 0.5) is 0 Å². The molecule has 2 heterocycles. The van der Waals surface area contributed by atoms with Crippen LogP contribution in [0, 0.1) is 6.92 Å². The fraction of sp³-hybridized carbons (Fsp3) is 0.273. The van der Waals surface area contributed by atoms with E-state index in [9.17, 15) is 4.79 Å². The van der Waals surface area contributed by atoms with Crippen LogP contribution in [0.3, 0.4) is 0 Å². The predicted molar refractivity (Wildman–Crippen MR) is 60.5 cm³/mol. The van der Waals surface area contributed by atoms with E-state index in [1.807, 2.05) is 16.8 Å². The lowest BCUT2D eigenvalue weighted by Crippen LogP contribution is -2.04. The summed E-state index contributed by atoms with van der Waals surface area (Å²) in [5.41, 5.74) is 1.43. The Balaban J connectivity index is 2.32. The molecule has 0 bridgehead atoms. The number of carbonyl (C=O) groups excluding carboxylic acids is 1. The Morgan fingerprint density at radius 3 is 3.06 bits per heavy atom. The Labute approximate surface area is 96.9 Å². The zero-order valence-corrected chi connectivity index (χ0v) is 9.84. The Kier molecular flexibility index (Phi) is 3.05. The molecule has 5 heteroatoms. The molecule has 0 saturated carbocycles. The van der Waals surface area contributed by atoms with Crippen molar-refractivity contribution < 1.29 is 13.9 Å². The molecule has 0 aliphatic rings. The maximum absolute atomic E-state index is 11.5. The van der Waals surface area contributed by atoms with Crippen LogP contribution in [0.2, 0.25) is 0 Å². The van der Waals surface area contributed by atoms with Gasteiger partial charge in [0.1, 0.15) is 0 Å². The van der Waals surface area contributed by atoms with Crippen LogP contribution in [0.25, 0.3) is 11.5 Å². The molecule has 0 aliphatic heterocycles. The lowest BCUT2D eigenvalue weighted by molar-refractivity contribution is 0.0490. The summed E-state index contributed by atoms with van der Waals surface area (Å²) >= 11 is 1.55. The topological polar surface area (TPSA) is 52.3 Å². The number of aryl methyl sites for hydroxylation is 1. The molecule has 0 aliphatic carbocycles. The maximum atomic E-state index is 11.5. The lowest BCUT2D eigenvalue weighted by Gasteiger charge is -1.96. The number of thiophene rings is 1. The highest BCUT2D eigenvalue weighted by Crippen LogP contribution is 2.24. The van der Waals surface area contributed by atoms with Gasteiger partial charge in [-0.3, -0.25) is 0 Å². The van der Waals surface area contributed by atoms with E-state index in [4.69, 9.17) is 9.15 Å². The van der Waals surface area contributed by atoms with E-state index in [1.54, 1.807) is 25.2 Å². The van der Waals surface area contributed by atoms with Gasteiger partial charge in [0.25, 0.3) is 0 Å². The third kappa shape index (κ3) is 1.99. The van der Waals surface area contributed by atoms with Crippen molar-refractivity contribution in [3.63, 3.8) is 0 Å². The molecule has 0 spiro atoms. The van der Waals surface area contributed by atoms with Crippen LogP contribution >= 0.6 is 11.3 Å². The van der Waals surface area contributed by atoms with Crippen molar-refractivity contribution in [2.45, 2.75) is 13.8 Å². The van der Waals surface area contributed by atoms with Crippen molar-refractivity contribution in [1.29, 1.82) is 0 Å². The third-order valence-electron chi connectivity index (χ3n) is 2.03. The van der Waals surface area contributed by atoms with E-state index in [-0.39, 0.29) is 5.76 Å². The molecule has 4 nitrogen and oxygen atoms in total. The summed E-state index contributed by atoms with van der Waals surface area (Å²) in [6.45, 7) is 3.81. The second-order valence-corrected chi connectivity index (χ2v) is 3.95. The van der Waals surface area contributed by atoms with E-state index in [0.29, 0.717) is 18.2 Å². The number of esters is 1. The maximum Gasteiger partial charge on any atom is 0.376 e. The molecule has 0 radical (unpaired) electrons. The van der Waals surface area contributed by atoms with Gasteiger partial charge in [0.05, 0.1) is 12.3 Å². The average Bonchev–Trinajstić information content (AvgIpc) is 2.86. The molecule has 2 rings (SSSR count). The van der Waals surface area contributed by atoms with Crippen LogP contribution in [-0.2, 0) is 4.74 Å². The van der Waals surface area contributed by atoms with Gasteiger partial charge < -0.3 is 9.15 Å². The number of hydrogen-bond donors (Lipinski definition) is 0. The van der Waals surface area contributed by atoms with Crippen molar-refractivity contribution in [2.75, 3.05) is 6.61 Å². The highest BCUT2D eigenvalue weighted by molar-refractivity contribution is 7.08. The molecule has 0 amide bonds. The van der Waals surface area contributed by atoms with Crippen molar-refractivity contribution in [1.82, 2.24) is 4.98 Å². The van der Waals surface area contributed by atoms with E-state index in [0.717, 1.165) is 5.56 Å². The Bertz CT molecular complexity index is 487. The van der Waals surface area contributed by atoms with Crippen molar-refractivity contribution in [2.24, 2.45) is 0 Å². The SMILES string of the molecule is CCOC(=O)c1oc(-c2ccsc2)nc1C. The van der Waals surface area contributed by atoms with E-state index >= 15 is 0 Å². The fourth-order valence-corrected chi connectivity index (χ4v) is 1.92. The molecule has 84 valence electrons. The molecule has 0 N–H and O–H groups in total. The summed E-state index contributed by atoms with van der Waals surface area (Å²) in [6, 6.07) is 1.89. The second kappa shape index (κ2) is 4.49. The number of oxazole rings is 1. The first-order chi connectivity index (χ1) is 7.72. The Morgan fingerprint density at radius 1 is 1.62 bits per heavy atom. The first-order valence-electron chi connectivity index (χ1n) is 4.89. The van der Waals surface area contributed by atoms with E-state index in [1.165, 1.54) is 0 Å². The molecule has 0 fully saturated rings. The normalized spacial score (nSPS) is 10.4. The van der Waals surface area contributed by atoms with Crippen LogP contribution in [0.5, 0.6) is 0 Å². The van der Waals surface area contributed by atoms with Gasteiger partial charge in [0, 0.05) is 10.9 Å². The first-order valence-corrected chi connectivity index (χ1v) is 5.83. The van der Waals surface area contributed by atoms with Crippen LogP contribution < -0.4 is 0 Å². The zero-order valence-electron chi connectivity index (χ0n) is 9.02. The van der Waals surface area contributed by atoms with Gasteiger partial charge >= 0.3 is 5.97 Å². The predicted octanol–water partition coefficient (Wildman–Crippen LogP) is 2.89. The first kappa shape index (κ1) is 10.9. The van der Waals surface area contributed by atoms with E-state index in [2.05, 4.69) is 4.98 Å². The monoisotopic (exact) mass is 237 g/mol. The number of rotatable bonds is 3. The molecule has 2 aromatic heterocycles. The van der Waals surface area contributed by atoms with Crippen molar-refractivity contribution in [3.05, 3.63) is 28.3 Å². The molecular formula is C11H11NO3S. The van der Waals surface area contributed by atoms with Gasteiger partial charge in [-0.05, 0) is 25.3 Å². The highest BCUT2D eigenvalue weighted by atomic mass is 32.1. The largest absolute Gasteiger partial charge is 0.460 e. The molecule has 0 saturated heterocycles. The lowest BCUT2D eigenvalue weighted by atomic mass is 10.3. The molecule has 0 unspecified atom stereocenters. The summed E-state index contributed by atoms with van der Waals surface area (Å²) in [6.07, 6.45) is 0. The number of aromatic nitrogens is 1. The summed E-state index contributed by atoms with van der Waals surface area (Å²) in [5, 5.41) is 3.85. The minimum absolute atomic E-state index is 0.183. The summed E-state index contributed by atoms with van der Waals surface area (Å²) in [7, 11) is 0. The molecular weight excluding hydrogens is 226 g/mol. The minimum Gasteiger partial charge on any atom is -0.460 e. The summed E-state index contributed by atoms with van der Waals surface area (Å²) in [4.78, 5) is 15.7. The fourth-order valence-electron chi connectivity index (χ4n) is 1.29. The third-order valence-corrected chi connectivity index (χ3v) is 2.71. The Hall–Kier alpha value is -1.62. The van der Waals surface area contributed by atoms with Gasteiger partial charge in [0.2, 0.25) is 11.7 Å². The van der Waals surface area contributed by atoms with Crippen molar-refractivity contribution >= 4 is 17.3 Å². The van der Waals surface area contributed by atoms with E-state index < -0.39 is 5.97 Å². The summed E-state index contributed by atoms with van der Waals surface area (Å²) < 4.78 is 10.3. The van der Waals surface area contributed by atoms with Gasteiger partial charge in [-0.25, -0.2) is 9.78 Å². The van der Waals surface area contributed by atoms with Crippen molar-refractivity contribution in [3.8, 4) is 11.5 Å². The van der Waals surface area contributed by atoms with Crippen LogP contribution in [0.1, 0.15) is 23.2 Å². The molecule has 16 heavy (non-hydrogen) atoms. The standard InChI is InChI=1S/C11H11NO3S/c1-3-14-11(13)9-7(2)12-10(15-9)8-4-5-16-6-8/h4-6H,3H2,1-2H3. The minimum atomic E-state index is -0.464. The number of nitrogens with zero attached hydrogens (tertiary/aromatic N) is 1. The second-order valence-electron chi connectivity index (χ2n) is 3.17. The number of carbonyl (C=O) groups is 1.